The van der Waals surface area contributed by atoms with E-state index in [1.807, 2.05) is 6.92 Å². The van der Waals surface area contributed by atoms with E-state index in [4.69, 9.17) is 10.5 Å². The molecule has 0 saturated carbocycles. The predicted octanol–water partition coefficient (Wildman–Crippen LogP) is 0.603. The van der Waals surface area contributed by atoms with E-state index >= 15 is 0 Å². The van der Waals surface area contributed by atoms with Crippen LogP contribution in [0.25, 0.3) is 0 Å². The number of hydrogen-bond acceptors (Lipinski definition) is 4. The van der Waals surface area contributed by atoms with Gasteiger partial charge >= 0.3 is 0 Å². The fraction of sp³-hybridized carbons (Fsp3) is 0.500. The van der Waals surface area contributed by atoms with E-state index in [1.54, 1.807) is 24.3 Å². The molecule has 0 aromatic heterocycles. The Morgan fingerprint density at radius 2 is 2.28 bits per heavy atom. The van der Waals surface area contributed by atoms with Gasteiger partial charge in [0.2, 0.25) is 10.0 Å². The van der Waals surface area contributed by atoms with Crippen molar-refractivity contribution in [1.82, 2.24) is 4.72 Å². The lowest BCUT2D eigenvalue weighted by Gasteiger charge is -2.23. The second-order valence-corrected chi connectivity index (χ2v) is 6.50. The van der Waals surface area contributed by atoms with Gasteiger partial charge in [0.1, 0.15) is 0 Å². The van der Waals surface area contributed by atoms with Crippen LogP contribution in [-0.4, -0.2) is 27.2 Å². The van der Waals surface area contributed by atoms with Crippen LogP contribution in [0.3, 0.4) is 0 Å². The molecule has 5 nitrogen and oxygen atoms in total. The first-order valence-corrected chi connectivity index (χ1v) is 7.34. The van der Waals surface area contributed by atoms with E-state index in [0.717, 1.165) is 5.56 Å². The molecule has 1 saturated heterocycles. The molecule has 1 fully saturated rings. The van der Waals surface area contributed by atoms with Crippen LogP contribution in [0.5, 0.6) is 0 Å². The first-order valence-electron chi connectivity index (χ1n) is 5.86. The lowest BCUT2D eigenvalue weighted by molar-refractivity contribution is 0.178. The minimum absolute atomic E-state index is 0.249. The number of benzene rings is 1. The van der Waals surface area contributed by atoms with Gasteiger partial charge in [-0.15, -0.1) is 0 Å². The summed E-state index contributed by atoms with van der Waals surface area (Å²) in [5.41, 5.74) is 5.80. The molecule has 1 aliphatic heterocycles. The number of hydrogen-bond donors (Lipinski definition) is 2. The third-order valence-electron chi connectivity index (χ3n) is 3.04. The summed E-state index contributed by atoms with van der Waals surface area (Å²) in [6.07, 6.45) is 0.683. The molecule has 3 N–H and O–H groups in total. The van der Waals surface area contributed by atoms with Crippen LogP contribution in [-0.2, 0) is 21.3 Å². The number of rotatable bonds is 4. The first kappa shape index (κ1) is 13.5. The Morgan fingerprint density at radius 1 is 1.50 bits per heavy atom. The van der Waals surface area contributed by atoms with E-state index in [2.05, 4.69) is 4.72 Å². The number of nitrogens with one attached hydrogen (secondary N) is 1. The summed E-state index contributed by atoms with van der Waals surface area (Å²) in [6.45, 7) is 3.17. The molecule has 0 aliphatic carbocycles. The van der Waals surface area contributed by atoms with E-state index in [-0.39, 0.29) is 4.90 Å². The highest BCUT2D eigenvalue weighted by Crippen LogP contribution is 2.21. The van der Waals surface area contributed by atoms with E-state index in [0.29, 0.717) is 26.2 Å². The van der Waals surface area contributed by atoms with Gasteiger partial charge in [0.15, 0.2) is 0 Å². The summed E-state index contributed by atoms with van der Waals surface area (Å²) in [6, 6.07) is 6.67. The van der Waals surface area contributed by atoms with Gasteiger partial charge in [-0.25, -0.2) is 13.1 Å². The monoisotopic (exact) mass is 270 g/mol. The van der Waals surface area contributed by atoms with Crippen LogP contribution in [0.2, 0.25) is 0 Å². The molecule has 6 heteroatoms. The molecular weight excluding hydrogens is 252 g/mol. The maximum absolute atomic E-state index is 12.3. The van der Waals surface area contributed by atoms with E-state index in [9.17, 15) is 8.42 Å². The summed E-state index contributed by atoms with van der Waals surface area (Å²) in [4.78, 5) is 0.249. The second-order valence-electron chi connectivity index (χ2n) is 4.82. The Hall–Kier alpha value is -0.950. The lowest BCUT2D eigenvalue weighted by Crippen LogP contribution is -2.46. The highest BCUT2D eigenvalue weighted by molar-refractivity contribution is 7.89. The summed E-state index contributed by atoms with van der Waals surface area (Å²) in [5, 5.41) is 0. The summed E-state index contributed by atoms with van der Waals surface area (Å²) >= 11 is 0. The van der Waals surface area contributed by atoms with Gasteiger partial charge in [-0.2, -0.15) is 0 Å². The summed E-state index contributed by atoms with van der Waals surface area (Å²) in [5.74, 6) is 0. The lowest BCUT2D eigenvalue weighted by atomic mass is 10.0. The van der Waals surface area contributed by atoms with Gasteiger partial charge in [-0.05, 0) is 31.0 Å². The van der Waals surface area contributed by atoms with Gasteiger partial charge in [-0.1, -0.05) is 12.1 Å². The average molecular weight is 270 g/mol. The van der Waals surface area contributed by atoms with Crippen molar-refractivity contribution in [3.63, 3.8) is 0 Å². The molecule has 1 aromatic rings. The number of nitrogens with two attached hydrogens (primary N) is 1. The molecule has 0 bridgehead atoms. The van der Waals surface area contributed by atoms with Crippen molar-refractivity contribution in [2.75, 3.05) is 13.2 Å². The van der Waals surface area contributed by atoms with Crippen molar-refractivity contribution >= 4 is 10.0 Å². The van der Waals surface area contributed by atoms with Crippen molar-refractivity contribution in [1.29, 1.82) is 0 Å². The smallest absolute Gasteiger partial charge is 0.241 e. The fourth-order valence-corrected chi connectivity index (χ4v) is 3.46. The Balaban J connectivity index is 2.24. The average Bonchev–Trinajstić information content (AvgIpc) is 2.75. The molecule has 1 aromatic carbocycles. The Labute approximate surface area is 107 Å². The maximum atomic E-state index is 12.3. The van der Waals surface area contributed by atoms with Gasteiger partial charge in [-0.3, -0.25) is 0 Å². The summed E-state index contributed by atoms with van der Waals surface area (Å²) in [7, 11) is -3.52. The maximum Gasteiger partial charge on any atom is 0.241 e. The molecule has 1 heterocycles. The van der Waals surface area contributed by atoms with Crippen LogP contribution in [0.4, 0.5) is 0 Å². The largest absolute Gasteiger partial charge is 0.379 e. The molecule has 1 atom stereocenters. The molecule has 0 amide bonds. The highest BCUT2D eigenvalue weighted by atomic mass is 32.2. The van der Waals surface area contributed by atoms with Gasteiger partial charge < -0.3 is 10.5 Å². The third-order valence-corrected chi connectivity index (χ3v) is 4.68. The van der Waals surface area contributed by atoms with Crippen LogP contribution in [0, 0.1) is 0 Å². The molecular formula is C12H18N2O3S. The molecule has 2 rings (SSSR count). The zero-order valence-corrected chi connectivity index (χ0v) is 11.2. The zero-order chi connectivity index (χ0) is 13.2. The zero-order valence-electron chi connectivity index (χ0n) is 10.3. The van der Waals surface area contributed by atoms with Crippen molar-refractivity contribution in [2.24, 2.45) is 5.73 Å². The first-order chi connectivity index (χ1) is 8.45. The van der Waals surface area contributed by atoms with Crippen LogP contribution in [0.1, 0.15) is 18.9 Å². The van der Waals surface area contributed by atoms with Crippen molar-refractivity contribution in [3.05, 3.63) is 29.8 Å². The van der Waals surface area contributed by atoms with Crippen molar-refractivity contribution in [3.8, 4) is 0 Å². The number of ether oxygens (including phenoxy) is 1. The third kappa shape index (κ3) is 2.89. The topological polar surface area (TPSA) is 81.4 Å². The molecule has 18 heavy (non-hydrogen) atoms. The van der Waals surface area contributed by atoms with Crippen molar-refractivity contribution < 1.29 is 13.2 Å². The van der Waals surface area contributed by atoms with Crippen LogP contribution in [0.15, 0.2) is 29.2 Å². The minimum atomic E-state index is -3.52. The Bertz CT molecular complexity index is 522. The number of sulfonamides is 1. The second kappa shape index (κ2) is 4.97. The van der Waals surface area contributed by atoms with Crippen LogP contribution < -0.4 is 10.5 Å². The molecule has 0 radical (unpaired) electrons. The standard InChI is InChI=1S/C12H18N2O3S/c1-12(5-6-17-9-12)14-18(15,16)11-4-2-3-10(7-11)8-13/h2-4,7,14H,5-6,8-9,13H2,1H3. The van der Waals surface area contributed by atoms with Gasteiger partial charge in [0.25, 0.3) is 0 Å². The SMILES string of the molecule is CC1(NS(=O)(=O)c2cccc(CN)c2)CCOC1. The quantitative estimate of drug-likeness (QED) is 0.839. The van der Waals surface area contributed by atoms with Crippen LogP contribution >= 0.6 is 0 Å². The molecule has 1 aliphatic rings. The summed E-state index contributed by atoms with van der Waals surface area (Å²) < 4.78 is 32.5. The Morgan fingerprint density at radius 3 is 2.89 bits per heavy atom. The normalized spacial score (nSPS) is 24.3. The molecule has 0 spiro atoms. The highest BCUT2D eigenvalue weighted by Gasteiger charge is 2.34. The van der Waals surface area contributed by atoms with Gasteiger partial charge in [0.05, 0.1) is 17.0 Å². The van der Waals surface area contributed by atoms with Crippen molar-refractivity contribution in [2.45, 2.75) is 30.3 Å². The minimum Gasteiger partial charge on any atom is -0.379 e. The molecule has 1 unspecified atom stereocenters. The predicted molar refractivity (Wildman–Crippen MR) is 68.5 cm³/mol. The van der Waals surface area contributed by atoms with E-state index in [1.165, 1.54) is 0 Å². The van der Waals surface area contributed by atoms with E-state index < -0.39 is 15.6 Å². The Kier molecular flexibility index (Phi) is 3.72. The van der Waals surface area contributed by atoms with Gasteiger partial charge in [0, 0.05) is 13.2 Å². The fourth-order valence-electron chi connectivity index (χ4n) is 1.97. The molecule has 100 valence electrons.